The van der Waals surface area contributed by atoms with Gasteiger partial charge >= 0.3 is 0 Å². The zero-order valence-electron chi connectivity index (χ0n) is 10.3. The average Bonchev–Trinajstić information content (AvgIpc) is 2.88. The summed E-state index contributed by atoms with van der Waals surface area (Å²) in [6.07, 6.45) is 4.96. The standard InChI is InChI=1S/C12H20N4O/c1-15-6-2-3-9(15)7-12-14-13-11-5-4-10(17)8-16(11)12/h9-10,17H,2-8H2,1H3. The largest absolute Gasteiger partial charge is 0.391 e. The van der Waals surface area contributed by atoms with Crippen LogP contribution in [0.4, 0.5) is 0 Å². The number of likely N-dealkylation sites (tertiary alicyclic amines) is 1. The van der Waals surface area contributed by atoms with Gasteiger partial charge in [0.25, 0.3) is 0 Å². The molecule has 1 aromatic heterocycles. The van der Waals surface area contributed by atoms with Crippen molar-refractivity contribution in [2.75, 3.05) is 13.6 Å². The number of hydrogen-bond acceptors (Lipinski definition) is 4. The van der Waals surface area contributed by atoms with Crippen LogP contribution >= 0.6 is 0 Å². The second-order valence-corrected chi connectivity index (χ2v) is 5.32. The smallest absolute Gasteiger partial charge is 0.134 e. The van der Waals surface area contributed by atoms with E-state index >= 15 is 0 Å². The van der Waals surface area contributed by atoms with Crippen LogP contribution in [0.1, 0.15) is 30.9 Å². The fraction of sp³-hybridized carbons (Fsp3) is 0.833. The zero-order chi connectivity index (χ0) is 11.8. The first kappa shape index (κ1) is 11.2. The molecule has 2 unspecified atom stereocenters. The summed E-state index contributed by atoms with van der Waals surface area (Å²) in [7, 11) is 2.18. The first-order valence-corrected chi connectivity index (χ1v) is 6.53. The Balaban J connectivity index is 1.77. The zero-order valence-corrected chi connectivity index (χ0v) is 10.3. The molecule has 0 radical (unpaired) electrons. The van der Waals surface area contributed by atoms with Crippen molar-refractivity contribution in [1.82, 2.24) is 19.7 Å². The van der Waals surface area contributed by atoms with Gasteiger partial charge in [0.15, 0.2) is 0 Å². The number of hydrogen-bond donors (Lipinski definition) is 1. The van der Waals surface area contributed by atoms with E-state index in [9.17, 15) is 5.11 Å². The maximum absolute atomic E-state index is 9.72. The van der Waals surface area contributed by atoms with Gasteiger partial charge in [0, 0.05) is 18.9 Å². The summed E-state index contributed by atoms with van der Waals surface area (Å²) in [6.45, 7) is 1.86. The number of rotatable bonds is 2. The quantitative estimate of drug-likeness (QED) is 0.798. The molecular weight excluding hydrogens is 216 g/mol. The molecule has 0 bridgehead atoms. The van der Waals surface area contributed by atoms with Crippen LogP contribution in [0.5, 0.6) is 0 Å². The van der Waals surface area contributed by atoms with Gasteiger partial charge in [-0.25, -0.2) is 0 Å². The average molecular weight is 236 g/mol. The SMILES string of the molecule is CN1CCCC1Cc1nnc2n1CC(O)CC2. The molecule has 94 valence electrons. The fourth-order valence-electron chi connectivity index (χ4n) is 2.96. The van der Waals surface area contributed by atoms with Crippen LogP contribution in [0.15, 0.2) is 0 Å². The van der Waals surface area contributed by atoms with E-state index in [1.807, 2.05) is 0 Å². The van der Waals surface area contributed by atoms with Crippen molar-refractivity contribution in [2.24, 2.45) is 0 Å². The lowest BCUT2D eigenvalue weighted by atomic mass is 10.1. The summed E-state index contributed by atoms with van der Waals surface area (Å²) in [5, 5.41) is 18.3. The molecule has 1 saturated heterocycles. The van der Waals surface area contributed by atoms with Crippen molar-refractivity contribution in [3.05, 3.63) is 11.6 Å². The van der Waals surface area contributed by atoms with E-state index in [4.69, 9.17) is 0 Å². The molecule has 0 spiro atoms. The highest BCUT2D eigenvalue weighted by molar-refractivity contribution is 5.02. The summed E-state index contributed by atoms with van der Waals surface area (Å²) in [5.41, 5.74) is 0. The minimum atomic E-state index is -0.224. The van der Waals surface area contributed by atoms with E-state index in [0.29, 0.717) is 12.6 Å². The van der Waals surface area contributed by atoms with Crippen LogP contribution in [0.2, 0.25) is 0 Å². The van der Waals surface area contributed by atoms with Crippen LogP contribution in [-0.4, -0.2) is 50.5 Å². The minimum absolute atomic E-state index is 0.224. The Morgan fingerprint density at radius 2 is 2.24 bits per heavy atom. The van der Waals surface area contributed by atoms with E-state index < -0.39 is 0 Å². The van der Waals surface area contributed by atoms with Gasteiger partial charge in [-0.3, -0.25) is 0 Å². The third kappa shape index (κ3) is 2.09. The molecule has 5 nitrogen and oxygen atoms in total. The van der Waals surface area contributed by atoms with Crippen LogP contribution in [0.25, 0.3) is 0 Å². The minimum Gasteiger partial charge on any atom is -0.391 e. The van der Waals surface area contributed by atoms with E-state index in [1.165, 1.54) is 19.4 Å². The van der Waals surface area contributed by atoms with E-state index in [-0.39, 0.29) is 6.10 Å². The van der Waals surface area contributed by atoms with Crippen LogP contribution in [0, 0.1) is 0 Å². The molecule has 2 aliphatic heterocycles. The number of aryl methyl sites for hydroxylation is 1. The summed E-state index contributed by atoms with van der Waals surface area (Å²) < 4.78 is 2.13. The Morgan fingerprint density at radius 1 is 1.35 bits per heavy atom. The molecule has 3 heterocycles. The number of fused-ring (bicyclic) bond motifs is 1. The molecule has 17 heavy (non-hydrogen) atoms. The Hall–Kier alpha value is -0.940. The summed E-state index contributed by atoms with van der Waals surface area (Å²) in [5.74, 6) is 2.10. The number of aromatic nitrogens is 3. The first-order valence-electron chi connectivity index (χ1n) is 6.53. The van der Waals surface area contributed by atoms with Crippen molar-refractivity contribution >= 4 is 0 Å². The van der Waals surface area contributed by atoms with Crippen molar-refractivity contribution in [2.45, 2.75) is 50.8 Å². The Bertz CT molecular complexity index is 403. The van der Waals surface area contributed by atoms with Crippen molar-refractivity contribution < 1.29 is 5.11 Å². The van der Waals surface area contributed by atoms with E-state index in [0.717, 1.165) is 30.9 Å². The molecule has 0 aliphatic carbocycles. The molecule has 0 saturated carbocycles. The maximum atomic E-state index is 9.72. The van der Waals surface area contributed by atoms with Crippen molar-refractivity contribution in [1.29, 1.82) is 0 Å². The molecular formula is C12H20N4O. The third-order valence-corrected chi connectivity index (χ3v) is 4.09. The van der Waals surface area contributed by atoms with Crippen molar-refractivity contribution in [3.8, 4) is 0 Å². The molecule has 1 aromatic rings. The molecule has 0 amide bonds. The van der Waals surface area contributed by atoms with Gasteiger partial charge < -0.3 is 14.6 Å². The van der Waals surface area contributed by atoms with Crippen LogP contribution in [-0.2, 0) is 19.4 Å². The fourth-order valence-corrected chi connectivity index (χ4v) is 2.96. The maximum Gasteiger partial charge on any atom is 0.134 e. The van der Waals surface area contributed by atoms with Crippen LogP contribution in [0.3, 0.4) is 0 Å². The predicted molar refractivity (Wildman–Crippen MR) is 63.7 cm³/mol. The predicted octanol–water partition coefficient (Wildman–Crippen LogP) is 0.222. The van der Waals surface area contributed by atoms with E-state index in [1.54, 1.807) is 0 Å². The molecule has 2 aliphatic rings. The summed E-state index contributed by atoms with van der Waals surface area (Å²) in [6, 6.07) is 0.599. The molecule has 1 N–H and O–H groups in total. The van der Waals surface area contributed by atoms with Gasteiger partial charge in [0.2, 0.25) is 0 Å². The number of nitrogens with zero attached hydrogens (tertiary/aromatic N) is 4. The van der Waals surface area contributed by atoms with Gasteiger partial charge in [0.05, 0.1) is 12.6 Å². The molecule has 5 heteroatoms. The Labute approximate surface area is 101 Å². The van der Waals surface area contributed by atoms with Gasteiger partial charge in [-0.1, -0.05) is 0 Å². The number of aliphatic hydroxyl groups excluding tert-OH is 1. The topological polar surface area (TPSA) is 54.2 Å². The monoisotopic (exact) mass is 236 g/mol. The van der Waals surface area contributed by atoms with E-state index in [2.05, 4.69) is 26.7 Å². The molecule has 1 fully saturated rings. The lowest BCUT2D eigenvalue weighted by Crippen LogP contribution is -2.30. The van der Waals surface area contributed by atoms with Gasteiger partial charge in [-0.2, -0.15) is 0 Å². The molecule has 2 atom stereocenters. The summed E-state index contributed by atoms with van der Waals surface area (Å²) >= 11 is 0. The van der Waals surface area contributed by atoms with Crippen molar-refractivity contribution in [3.63, 3.8) is 0 Å². The van der Waals surface area contributed by atoms with Gasteiger partial charge in [0.1, 0.15) is 11.6 Å². The molecule has 0 aromatic carbocycles. The lowest BCUT2D eigenvalue weighted by molar-refractivity contribution is 0.128. The lowest BCUT2D eigenvalue weighted by Gasteiger charge is -2.22. The third-order valence-electron chi connectivity index (χ3n) is 4.09. The Morgan fingerprint density at radius 3 is 3.00 bits per heavy atom. The van der Waals surface area contributed by atoms with Crippen LogP contribution < -0.4 is 0 Å². The highest BCUT2D eigenvalue weighted by atomic mass is 16.3. The Kier molecular flexibility index (Phi) is 2.88. The first-order chi connectivity index (χ1) is 8.24. The molecule has 3 rings (SSSR count). The normalized spacial score (nSPS) is 29.5. The summed E-state index contributed by atoms with van der Waals surface area (Å²) in [4.78, 5) is 2.40. The second-order valence-electron chi connectivity index (χ2n) is 5.32. The highest BCUT2D eigenvalue weighted by Crippen LogP contribution is 2.21. The number of likely N-dealkylation sites (N-methyl/N-ethyl adjacent to an activating group) is 1. The second kappa shape index (κ2) is 4.38. The highest BCUT2D eigenvalue weighted by Gasteiger charge is 2.26. The van der Waals surface area contributed by atoms with Gasteiger partial charge in [-0.15, -0.1) is 10.2 Å². The van der Waals surface area contributed by atoms with Gasteiger partial charge in [-0.05, 0) is 32.9 Å². The number of aliphatic hydroxyl groups is 1.